The lowest BCUT2D eigenvalue weighted by molar-refractivity contribution is -0.117. The molecule has 0 aromatic carbocycles. The van der Waals surface area contributed by atoms with E-state index >= 15 is 0 Å². The van der Waals surface area contributed by atoms with Crippen molar-refractivity contribution in [1.29, 1.82) is 0 Å². The van der Waals surface area contributed by atoms with Gasteiger partial charge in [0.1, 0.15) is 48.5 Å². The summed E-state index contributed by atoms with van der Waals surface area (Å²) >= 11 is 0. The summed E-state index contributed by atoms with van der Waals surface area (Å²) in [6.45, 7) is -1.44. The van der Waals surface area contributed by atoms with E-state index in [9.17, 15) is 34.7 Å². The van der Waals surface area contributed by atoms with Gasteiger partial charge in [0.15, 0.2) is 35.8 Å². The zero-order valence-electron chi connectivity index (χ0n) is 21.9. The average Bonchev–Trinajstić information content (AvgIpc) is 3.69. The number of carbonyl (C=O) groups is 1. The first-order valence-electron chi connectivity index (χ1n) is 12.3. The lowest BCUT2D eigenvalue weighted by Gasteiger charge is -2.30. The molecule has 6 heterocycles. The fraction of sp³-hybridized carbons (Fsp3) is 0.550. The highest BCUT2D eigenvalue weighted by Gasteiger charge is 2.53. The lowest BCUT2D eigenvalue weighted by Crippen LogP contribution is -2.50. The molecule has 10 unspecified atom stereocenters. The largest absolute Gasteiger partial charge is 0.472 e. The summed E-state index contributed by atoms with van der Waals surface area (Å²) in [5.41, 5.74) is 11.8. The van der Waals surface area contributed by atoms with E-state index in [2.05, 4.69) is 29.9 Å². The number of aromatic nitrogens is 4. The lowest BCUT2D eigenvalue weighted by atomic mass is 10.1. The van der Waals surface area contributed by atoms with E-state index < -0.39 is 82.1 Å². The van der Waals surface area contributed by atoms with Crippen LogP contribution in [0, 0.1) is 0 Å². The number of aliphatic hydroxyl groups excluding tert-OH is 4. The van der Waals surface area contributed by atoms with Gasteiger partial charge in [-0.1, -0.05) is 0 Å². The van der Waals surface area contributed by atoms with Crippen molar-refractivity contribution < 1.29 is 53.2 Å². The number of aliphatic imine (C=N–C) groups is 3. The minimum atomic E-state index is -5.06. The first-order chi connectivity index (χ1) is 20.0. The number of imidazole rings is 1. The molecule has 234 valence electrons. The molecule has 10 atom stereocenters. The Morgan fingerprint density at radius 3 is 2.51 bits per heavy atom. The fourth-order valence-electron chi connectivity index (χ4n) is 4.92. The molecule has 43 heavy (non-hydrogen) atoms. The smallest absolute Gasteiger partial charge is 0.394 e. The SMILES string of the molecule is N.NC1=NC(=O)C2N=CN(C3OC(CO)C(O)C3OP(=O)(O)OCC3OC(n4cnc5c(N)ncnc54)C(O)C3O)C2=N1. The van der Waals surface area contributed by atoms with Gasteiger partial charge in [0, 0.05) is 0 Å². The molecule has 4 aliphatic rings. The van der Waals surface area contributed by atoms with Crippen LogP contribution in [0.25, 0.3) is 11.2 Å². The highest BCUT2D eigenvalue weighted by molar-refractivity contribution is 7.47. The van der Waals surface area contributed by atoms with Crippen LogP contribution in [0.4, 0.5) is 5.82 Å². The Bertz CT molecular complexity index is 1540. The van der Waals surface area contributed by atoms with E-state index in [1.165, 1.54) is 17.2 Å². The second-order valence-corrected chi connectivity index (χ2v) is 11.0. The maximum Gasteiger partial charge on any atom is 0.472 e. The summed E-state index contributed by atoms with van der Waals surface area (Å²) in [5, 5.41) is 41.5. The summed E-state index contributed by atoms with van der Waals surface area (Å²) in [4.78, 5) is 47.3. The summed E-state index contributed by atoms with van der Waals surface area (Å²) < 4.78 is 35.9. The van der Waals surface area contributed by atoms with Gasteiger partial charge in [-0.25, -0.2) is 19.5 Å². The molecule has 2 saturated heterocycles. The number of amides is 1. The molecule has 6 rings (SSSR count). The number of phosphoric acid groups is 1. The van der Waals surface area contributed by atoms with Gasteiger partial charge in [-0.2, -0.15) is 9.98 Å². The van der Waals surface area contributed by atoms with Crippen molar-refractivity contribution in [2.24, 2.45) is 20.7 Å². The van der Waals surface area contributed by atoms with Crippen LogP contribution >= 0.6 is 7.82 Å². The Morgan fingerprint density at radius 2 is 1.77 bits per heavy atom. The quantitative estimate of drug-likeness (QED) is 0.128. The van der Waals surface area contributed by atoms with E-state index in [1.807, 2.05) is 0 Å². The fourth-order valence-corrected chi connectivity index (χ4v) is 5.86. The van der Waals surface area contributed by atoms with E-state index in [1.54, 1.807) is 0 Å². The number of nitrogens with zero attached hydrogens (tertiary/aromatic N) is 8. The number of aliphatic hydroxyl groups is 4. The highest BCUT2D eigenvalue weighted by atomic mass is 31.2. The van der Waals surface area contributed by atoms with Crippen molar-refractivity contribution in [3.05, 3.63) is 12.7 Å². The van der Waals surface area contributed by atoms with Gasteiger partial charge in [-0.05, 0) is 0 Å². The van der Waals surface area contributed by atoms with Crippen molar-refractivity contribution in [3.63, 3.8) is 0 Å². The van der Waals surface area contributed by atoms with Crippen LogP contribution in [-0.2, 0) is 27.9 Å². The number of hydrogen-bond donors (Lipinski definition) is 8. The van der Waals surface area contributed by atoms with Gasteiger partial charge in [0.2, 0.25) is 5.96 Å². The number of ether oxygens (including phenoxy) is 2. The van der Waals surface area contributed by atoms with Crippen LogP contribution in [0.2, 0.25) is 0 Å². The minimum absolute atomic E-state index is 0. The Balaban J connectivity index is 0.00000368. The summed E-state index contributed by atoms with van der Waals surface area (Å²) in [6, 6.07) is -1.15. The first kappa shape index (κ1) is 30.9. The van der Waals surface area contributed by atoms with Crippen LogP contribution in [0.5, 0.6) is 0 Å². The third-order valence-corrected chi connectivity index (χ3v) is 7.94. The number of anilines is 1. The minimum Gasteiger partial charge on any atom is -0.394 e. The van der Waals surface area contributed by atoms with Gasteiger partial charge >= 0.3 is 7.82 Å². The molecule has 2 fully saturated rings. The normalized spacial score (nSPS) is 35.0. The zero-order chi connectivity index (χ0) is 29.9. The molecule has 22 nitrogen and oxygen atoms in total. The Morgan fingerprint density at radius 1 is 1.02 bits per heavy atom. The molecule has 0 saturated carbocycles. The number of guanidine groups is 1. The van der Waals surface area contributed by atoms with Gasteiger partial charge < -0.3 is 52.4 Å². The van der Waals surface area contributed by atoms with Crippen molar-refractivity contribution in [3.8, 4) is 0 Å². The Labute approximate surface area is 240 Å². The van der Waals surface area contributed by atoms with Crippen molar-refractivity contribution >= 4 is 48.8 Å². The number of amidine groups is 1. The van der Waals surface area contributed by atoms with E-state index in [0.29, 0.717) is 0 Å². The number of hydrogen-bond acceptors (Lipinski definition) is 19. The molecule has 2 aromatic heterocycles. The number of fused-ring (bicyclic) bond motifs is 2. The molecule has 2 aromatic rings. The summed E-state index contributed by atoms with van der Waals surface area (Å²) in [6.07, 6.45) is -8.03. The van der Waals surface area contributed by atoms with E-state index in [4.69, 9.17) is 30.0 Å². The van der Waals surface area contributed by atoms with Gasteiger partial charge in [0.25, 0.3) is 5.91 Å². The average molecular weight is 629 g/mol. The van der Waals surface area contributed by atoms with Crippen molar-refractivity contribution in [2.45, 2.75) is 55.1 Å². The Kier molecular flexibility index (Phi) is 8.28. The monoisotopic (exact) mass is 629 g/mol. The predicted octanol–water partition coefficient (Wildman–Crippen LogP) is -4.26. The summed E-state index contributed by atoms with van der Waals surface area (Å²) in [7, 11) is -5.06. The van der Waals surface area contributed by atoms with Crippen LogP contribution < -0.4 is 17.6 Å². The molecule has 0 bridgehead atoms. The van der Waals surface area contributed by atoms with Crippen LogP contribution in [0.15, 0.2) is 27.6 Å². The number of carbonyl (C=O) groups excluding carboxylic acids is 1. The van der Waals surface area contributed by atoms with Crippen LogP contribution in [-0.4, -0.2) is 136 Å². The highest BCUT2D eigenvalue weighted by Crippen LogP contribution is 2.48. The number of phosphoric ester groups is 1. The standard InChI is InChI=1S/C20H25N10O11P.H3N/c21-14-8-15(24-3-23-14)29(4-25-8)18-12(34)10(32)7(40-18)2-38-42(36,37)41-13-11(33)6(1-31)39-19(13)30-5-26-9-16(30)27-20(22)28-17(9)35;/h3-7,9-13,18-19,31-34H,1-2H2,(H,36,37)(H2,21,23,24)(H2,22,28,35);1H3. The third kappa shape index (κ3) is 5.38. The first-order valence-corrected chi connectivity index (χ1v) is 13.8. The molecule has 1 amide bonds. The zero-order valence-corrected chi connectivity index (χ0v) is 22.8. The molecule has 0 radical (unpaired) electrons. The van der Waals surface area contributed by atoms with Crippen LogP contribution in [0.3, 0.4) is 0 Å². The van der Waals surface area contributed by atoms with Gasteiger partial charge in [-0.15, -0.1) is 0 Å². The molecule has 0 aliphatic carbocycles. The maximum atomic E-state index is 13.0. The number of nitrogens with two attached hydrogens (primary N) is 2. The molecule has 4 aliphatic heterocycles. The van der Waals surface area contributed by atoms with Crippen molar-refractivity contribution in [2.75, 3.05) is 18.9 Å². The van der Waals surface area contributed by atoms with Crippen LogP contribution in [0.1, 0.15) is 6.23 Å². The van der Waals surface area contributed by atoms with Gasteiger partial charge in [0.05, 0.1) is 25.9 Å². The predicted molar refractivity (Wildman–Crippen MR) is 141 cm³/mol. The second-order valence-electron chi connectivity index (χ2n) is 9.55. The molecular formula is C20H28N11O11P. The molecule has 12 N–H and O–H groups in total. The number of nitrogen functional groups attached to an aromatic ring is 1. The Hall–Kier alpha value is -3.54. The topological polar surface area (TPSA) is 343 Å². The molecule has 0 spiro atoms. The van der Waals surface area contributed by atoms with E-state index in [-0.39, 0.29) is 34.9 Å². The van der Waals surface area contributed by atoms with Gasteiger partial charge in [-0.3, -0.25) is 28.3 Å². The number of rotatable bonds is 8. The van der Waals surface area contributed by atoms with Crippen molar-refractivity contribution in [1.82, 2.24) is 30.6 Å². The third-order valence-electron chi connectivity index (χ3n) is 6.96. The van der Waals surface area contributed by atoms with E-state index in [0.717, 1.165) is 11.2 Å². The maximum absolute atomic E-state index is 13.0. The molecule has 23 heteroatoms. The molecular weight excluding hydrogens is 601 g/mol. The summed E-state index contributed by atoms with van der Waals surface area (Å²) in [5.74, 6) is -1.02. The second kappa shape index (κ2) is 11.5.